The molecule has 8 atom stereocenters. The van der Waals surface area contributed by atoms with Gasteiger partial charge in [0.15, 0.2) is 5.78 Å². The molecule has 4 saturated carbocycles. The molecular formula is C15H22O6. The average Bonchev–Trinajstić information content (AvgIpc) is 2.74. The van der Waals surface area contributed by atoms with Crippen LogP contribution in [0.25, 0.3) is 0 Å². The molecular weight excluding hydrogens is 276 g/mol. The molecule has 4 bridgehead atoms. The summed E-state index contributed by atoms with van der Waals surface area (Å²) in [6, 6.07) is 0. The molecule has 0 aromatic carbocycles. The molecule has 5 rings (SSSR count). The average molecular weight is 298 g/mol. The highest BCUT2D eigenvalue weighted by Crippen LogP contribution is 2.80. The summed E-state index contributed by atoms with van der Waals surface area (Å²) < 4.78 is 5.51. The molecule has 0 amide bonds. The van der Waals surface area contributed by atoms with Crippen LogP contribution in [-0.4, -0.2) is 56.4 Å². The largest absolute Gasteiger partial charge is 0.392 e. The standard InChI is InChI=1S/C15H22O6/c1-7-4-8(16)14(19)11(2)6-21-15(20)10(18)13(7,14)5-9(17)12(11,15)3/h7,9-10,17-20H,4-6H2,1-3H3/t7-,9+,10-,11-,12-,13+,14+,15-/m1/s1. The summed E-state index contributed by atoms with van der Waals surface area (Å²) in [7, 11) is 0. The van der Waals surface area contributed by atoms with Gasteiger partial charge in [0.1, 0.15) is 11.7 Å². The van der Waals surface area contributed by atoms with Crippen LogP contribution in [0.1, 0.15) is 33.6 Å². The van der Waals surface area contributed by atoms with Crippen LogP contribution in [0, 0.1) is 22.2 Å². The van der Waals surface area contributed by atoms with Crippen molar-refractivity contribution in [1.29, 1.82) is 0 Å². The van der Waals surface area contributed by atoms with E-state index in [0.29, 0.717) is 0 Å². The highest BCUT2D eigenvalue weighted by molar-refractivity contribution is 5.93. The number of ether oxygens (including phenoxy) is 1. The fraction of sp³-hybridized carbons (Fsp3) is 0.933. The van der Waals surface area contributed by atoms with Gasteiger partial charge in [-0.3, -0.25) is 4.79 Å². The third-order valence-electron chi connectivity index (χ3n) is 7.77. The molecule has 6 heteroatoms. The summed E-state index contributed by atoms with van der Waals surface area (Å²) in [5.74, 6) is -2.59. The number of ketones is 1. The molecule has 4 N–H and O–H groups in total. The molecule has 1 spiro atoms. The third-order valence-corrected chi connectivity index (χ3v) is 7.77. The molecule has 1 heterocycles. The summed E-state index contributed by atoms with van der Waals surface area (Å²) >= 11 is 0. The molecule has 1 aliphatic heterocycles. The monoisotopic (exact) mass is 298 g/mol. The lowest BCUT2D eigenvalue weighted by Gasteiger charge is -2.71. The van der Waals surface area contributed by atoms with Gasteiger partial charge in [-0.1, -0.05) is 20.8 Å². The van der Waals surface area contributed by atoms with Crippen LogP contribution in [-0.2, 0) is 9.53 Å². The highest BCUT2D eigenvalue weighted by Gasteiger charge is 2.93. The number of fused-ring (bicyclic) bond motifs is 1. The number of carbonyl (C=O) groups is 1. The summed E-state index contributed by atoms with van der Waals surface area (Å²) in [6.07, 6.45) is -2.12. The van der Waals surface area contributed by atoms with Crippen molar-refractivity contribution in [3.05, 3.63) is 0 Å². The number of aliphatic hydroxyl groups is 4. The summed E-state index contributed by atoms with van der Waals surface area (Å²) in [4.78, 5) is 12.6. The van der Waals surface area contributed by atoms with Gasteiger partial charge in [-0.25, -0.2) is 0 Å². The minimum absolute atomic E-state index is 0.0647. The van der Waals surface area contributed by atoms with Gasteiger partial charge in [-0.05, 0) is 12.3 Å². The van der Waals surface area contributed by atoms with E-state index in [1.807, 2.05) is 0 Å². The second kappa shape index (κ2) is 3.21. The Morgan fingerprint density at radius 3 is 2.48 bits per heavy atom. The maximum atomic E-state index is 12.6. The number of aliphatic hydroxyl groups excluding tert-OH is 2. The SMILES string of the molecule is C[C@@H]1CC(=O)[C@@]2(O)[C@@]13C[C@H](O)[C@]1(C)[C@@]2(C)CO[C@]1(O)[C@@H]3O. The van der Waals surface area contributed by atoms with Crippen LogP contribution in [0.2, 0.25) is 0 Å². The van der Waals surface area contributed by atoms with Crippen molar-refractivity contribution in [3.63, 3.8) is 0 Å². The Balaban J connectivity index is 2.12. The van der Waals surface area contributed by atoms with Gasteiger partial charge in [0.2, 0.25) is 5.79 Å². The lowest BCUT2D eigenvalue weighted by atomic mass is 9.34. The molecule has 5 fully saturated rings. The Morgan fingerprint density at radius 2 is 1.86 bits per heavy atom. The van der Waals surface area contributed by atoms with Crippen LogP contribution < -0.4 is 0 Å². The lowest BCUT2D eigenvalue weighted by molar-refractivity contribution is -0.406. The molecule has 0 aromatic rings. The predicted octanol–water partition coefficient (Wildman–Crippen LogP) is -0.817. The Labute approximate surface area is 122 Å². The van der Waals surface area contributed by atoms with Gasteiger partial charge in [0, 0.05) is 17.3 Å². The maximum absolute atomic E-state index is 12.6. The highest BCUT2D eigenvalue weighted by atomic mass is 16.7. The summed E-state index contributed by atoms with van der Waals surface area (Å²) in [5, 5.41) is 43.9. The van der Waals surface area contributed by atoms with E-state index in [0.717, 1.165) is 0 Å². The number of carbonyl (C=O) groups excluding carboxylic acids is 1. The molecule has 5 aliphatic rings. The van der Waals surface area contributed by atoms with Gasteiger partial charge < -0.3 is 25.2 Å². The van der Waals surface area contributed by atoms with Crippen molar-refractivity contribution < 1.29 is 30.0 Å². The smallest absolute Gasteiger partial charge is 0.201 e. The Hall–Kier alpha value is -0.530. The van der Waals surface area contributed by atoms with Crippen LogP contribution in [0.4, 0.5) is 0 Å². The summed E-state index contributed by atoms with van der Waals surface area (Å²) in [6.45, 7) is 5.01. The number of rotatable bonds is 0. The molecule has 21 heavy (non-hydrogen) atoms. The van der Waals surface area contributed by atoms with Crippen LogP contribution >= 0.6 is 0 Å². The van der Waals surface area contributed by atoms with Crippen molar-refractivity contribution >= 4 is 5.78 Å². The van der Waals surface area contributed by atoms with Gasteiger partial charge in [-0.2, -0.15) is 0 Å². The third kappa shape index (κ3) is 0.895. The quantitative estimate of drug-likeness (QED) is 0.466. The fourth-order valence-electron chi connectivity index (χ4n) is 6.25. The van der Waals surface area contributed by atoms with E-state index in [4.69, 9.17) is 4.74 Å². The molecule has 118 valence electrons. The van der Waals surface area contributed by atoms with E-state index in [2.05, 4.69) is 0 Å². The van der Waals surface area contributed by atoms with Gasteiger partial charge in [0.05, 0.1) is 18.1 Å². The van der Waals surface area contributed by atoms with E-state index in [1.54, 1.807) is 20.8 Å². The minimum Gasteiger partial charge on any atom is -0.392 e. The zero-order valence-corrected chi connectivity index (χ0v) is 12.5. The first-order valence-electron chi connectivity index (χ1n) is 7.52. The van der Waals surface area contributed by atoms with Crippen LogP contribution in [0.3, 0.4) is 0 Å². The van der Waals surface area contributed by atoms with Crippen molar-refractivity contribution in [2.75, 3.05) is 6.61 Å². The molecule has 6 nitrogen and oxygen atoms in total. The van der Waals surface area contributed by atoms with Crippen LogP contribution in [0.5, 0.6) is 0 Å². The van der Waals surface area contributed by atoms with Crippen molar-refractivity contribution in [2.24, 2.45) is 22.2 Å². The molecule has 0 unspecified atom stereocenters. The maximum Gasteiger partial charge on any atom is 0.201 e. The molecule has 0 aromatic heterocycles. The molecule has 1 saturated heterocycles. The van der Waals surface area contributed by atoms with E-state index in [-0.39, 0.29) is 31.1 Å². The fourth-order valence-corrected chi connectivity index (χ4v) is 6.25. The van der Waals surface area contributed by atoms with Gasteiger partial charge in [-0.15, -0.1) is 0 Å². The first kappa shape index (κ1) is 14.1. The van der Waals surface area contributed by atoms with Gasteiger partial charge >= 0.3 is 0 Å². The topological polar surface area (TPSA) is 107 Å². The Bertz CT molecular complexity index is 564. The number of hydrogen-bond acceptors (Lipinski definition) is 6. The molecule has 4 aliphatic carbocycles. The number of hydrogen-bond donors (Lipinski definition) is 4. The zero-order chi connectivity index (χ0) is 15.6. The Kier molecular flexibility index (Phi) is 2.16. The number of Topliss-reactive ketones (excluding diaryl/α,β-unsaturated/α-hetero) is 1. The second-order valence-electron chi connectivity index (χ2n) is 7.92. The van der Waals surface area contributed by atoms with E-state index in [1.165, 1.54) is 0 Å². The normalized spacial score (nSPS) is 68.5. The second-order valence-corrected chi connectivity index (χ2v) is 7.92. The van der Waals surface area contributed by atoms with E-state index in [9.17, 15) is 25.2 Å². The van der Waals surface area contributed by atoms with Crippen molar-refractivity contribution in [3.8, 4) is 0 Å². The van der Waals surface area contributed by atoms with E-state index < -0.39 is 39.8 Å². The molecule has 0 radical (unpaired) electrons. The first-order valence-corrected chi connectivity index (χ1v) is 7.52. The Morgan fingerprint density at radius 1 is 1.24 bits per heavy atom. The minimum atomic E-state index is -1.94. The lowest BCUT2D eigenvalue weighted by Crippen LogP contribution is -2.85. The zero-order valence-electron chi connectivity index (χ0n) is 12.5. The first-order chi connectivity index (χ1) is 9.54. The van der Waals surface area contributed by atoms with Crippen LogP contribution in [0.15, 0.2) is 0 Å². The van der Waals surface area contributed by atoms with Crippen molar-refractivity contribution in [1.82, 2.24) is 0 Å². The predicted molar refractivity (Wildman–Crippen MR) is 69.9 cm³/mol. The van der Waals surface area contributed by atoms with Gasteiger partial charge in [0.25, 0.3) is 0 Å². The summed E-state index contributed by atoms with van der Waals surface area (Å²) in [5.41, 5.74) is -5.47. The van der Waals surface area contributed by atoms with Crippen molar-refractivity contribution in [2.45, 2.75) is 57.2 Å². The van der Waals surface area contributed by atoms with E-state index >= 15 is 0 Å².